The third-order valence-electron chi connectivity index (χ3n) is 3.52. The summed E-state index contributed by atoms with van der Waals surface area (Å²) < 4.78 is 0. The van der Waals surface area contributed by atoms with E-state index in [4.69, 9.17) is 11.6 Å². The van der Waals surface area contributed by atoms with E-state index < -0.39 is 6.10 Å². The Morgan fingerprint density at radius 2 is 1.85 bits per heavy atom. The van der Waals surface area contributed by atoms with Gasteiger partial charge in [-0.2, -0.15) is 0 Å². The average molecular weight is 284 g/mol. The molecule has 3 aromatic rings. The number of hydrogen-bond donors (Lipinski definition) is 1. The maximum atomic E-state index is 10.7. The molecule has 0 spiro atoms. The highest BCUT2D eigenvalue weighted by molar-refractivity contribution is 6.30. The van der Waals surface area contributed by atoms with Crippen molar-refractivity contribution in [1.29, 1.82) is 0 Å². The largest absolute Gasteiger partial charge is 0.384 e. The van der Waals surface area contributed by atoms with E-state index in [0.717, 1.165) is 27.5 Å². The number of rotatable bonds is 2. The van der Waals surface area contributed by atoms with E-state index in [1.165, 1.54) is 0 Å². The Balaban J connectivity index is 2.15. The Labute approximate surface area is 122 Å². The lowest BCUT2D eigenvalue weighted by Crippen LogP contribution is -2.03. The van der Waals surface area contributed by atoms with E-state index in [0.29, 0.717) is 5.02 Å². The first-order valence-corrected chi connectivity index (χ1v) is 6.81. The first-order chi connectivity index (χ1) is 9.66. The summed E-state index contributed by atoms with van der Waals surface area (Å²) in [6, 6.07) is 13.4. The SMILES string of the molecule is Cc1cc(Cl)ccc1C(O)c1cncc2ccccc12. The van der Waals surface area contributed by atoms with Crippen molar-refractivity contribution in [2.45, 2.75) is 13.0 Å². The smallest absolute Gasteiger partial charge is 0.106 e. The number of fused-ring (bicyclic) bond motifs is 1. The van der Waals surface area contributed by atoms with Gasteiger partial charge in [0.1, 0.15) is 6.10 Å². The Morgan fingerprint density at radius 1 is 1.05 bits per heavy atom. The number of benzene rings is 2. The van der Waals surface area contributed by atoms with Crippen LogP contribution in [0.5, 0.6) is 0 Å². The third-order valence-corrected chi connectivity index (χ3v) is 3.76. The molecule has 3 heteroatoms. The minimum Gasteiger partial charge on any atom is -0.384 e. The molecular weight excluding hydrogens is 270 g/mol. The lowest BCUT2D eigenvalue weighted by atomic mass is 9.95. The predicted octanol–water partition coefficient (Wildman–Crippen LogP) is 4.28. The van der Waals surface area contributed by atoms with Crippen molar-refractivity contribution >= 4 is 22.4 Å². The van der Waals surface area contributed by atoms with Crippen LogP contribution in [0.1, 0.15) is 22.8 Å². The molecule has 0 bridgehead atoms. The molecule has 0 radical (unpaired) electrons. The highest BCUT2D eigenvalue weighted by Crippen LogP contribution is 2.30. The van der Waals surface area contributed by atoms with Crippen molar-refractivity contribution in [3.8, 4) is 0 Å². The van der Waals surface area contributed by atoms with Crippen LogP contribution in [0, 0.1) is 6.92 Å². The molecule has 1 unspecified atom stereocenters. The van der Waals surface area contributed by atoms with Gasteiger partial charge in [-0.15, -0.1) is 0 Å². The monoisotopic (exact) mass is 283 g/mol. The number of nitrogens with zero attached hydrogens (tertiary/aromatic N) is 1. The van der Waals surface area contributed by atoms with Gasteiger partial charge >= 0.3 is 0 Å². The fourth-order valence-electron chi connectivity index (χ4n) is 2.47. The Hall–Kier alpha value is -1.90. The number of halogens is 1. The molecule has 2 aromatic carbocycles. The summed E-state index contributed by atoms with van der Waals surface area (Å²) in [6.45, 7) is 1.95. The molecule has 0 saturated carbocycles. The van der Waals surface area contributed by atoms with E-state index >= 15 is 0 Å². The number of aliphatic hydroxyl groups excluding tert-OH is 1. The quantitative estimate of drug-likeness (QED) is 0.761. The number of aromatic nitrogens is 1. The molecule has 1 aromatic heterocycles. The second-order valence-corrected chi connectivity index (χ2v) is 5.29. The number of pyridine rings is 1. The Morgan fingerprint density at radius 3 is 2.65 bits per heavy atom. The fraction of sp³-hybridized carbons (Fsp3) is 0.118. The second kappa shape index (κ2) is 5.23. The van der Waals surface area contributed by atoms with Gasteiger partial charge in [-0.05, 0) is 35.6 Å². The van der Waals surface area contributed by atoms with E-state index in [1.807, 2.05) is 43.3 Å². The average Bonchev–Trinajstić information content (AvgIpc) is 2.46. The molecule has 1 heterocycles. The van der Waals surface area contributed by atoms with Crippen LogP contribution < -0.4 is 0 Å². The molecule has 20 heavy (non-hydrogen) atoms. The summed E-state index contributed by atoms with van der Waals surface area (Å²) in [5.74, 6) is 0. The van der Waals surface area contributed by atoms with Crippen LogP contribution in [0.15, 0.2) is 54.9 Å². The normalized spacial score (nSPS) is 12.6. The van der Waals surface area contributed by atoms with E-state index in [-0.39, 0.29) is 0 Å². The van der Waals surface area contributed by atoms with Crippen molar-refractivity contribution in [1.82, 2.24) is 4.98 Å². The maximum absolute atomic E-state index is 10.7. The first-order valence-electron chi connectivity index (χ1n) is 6.43. The molecule has 1 atom stereocenters. The number of aryl methyl sites for hydroxylation is 1. The zero-order valence-electron chi connectivity index (χ0n) is 11.0. The molecule has 0 fully saturated rings. The molecule has 0 aliphatic rings. The highest BCUT2D eigenvalue weighted by atomic mass is 35.5. The zero-order valence-corrected chi connectivity index (χ0v) is 11.8. The third kappa shape index (κ3) is 2.28. The minimum atomic E-state index is -0.703. The van der Waals surface area contributed by atoms with Crippen molar-refractivity contribution in [3.05, 3.63) is 76.6 Å². The van der Waals surface area contributed by atoms with Gasteiger partial charge in [-0.1, -0.05) is 41.9 Å². The standard InChI is InChI=1S/C17H14ClNO/c1-11-8-13(18)6-7-14(11)17(20)16-10-19-9-12-4-2-3-5-15(12)16/h2-10,17,20H,1H3. The van der Waals surface area contributed by atoms with Crippen molar-refractivity contribution in [2.75, 3.05) is 0 Å². The molecule has 3 rings (SSSR count). The van der Waals surface area contributed by atoms with Gasteiger partial charge in [0.2, 0.25) is 0 Å². The van der Waals surface area contributed by atoms with Crippen LogP contribution in [0.25, 0.3) is 10.8 Å². The summed E-state index contributed by atoms with van der Waals surface area (Å²) in [4.78, 5) is 4.22. The van der Waals surface area contributed by atoms with E-state index in [2.05, 4.69) is 4.98 Å². The maximum Gasteiger partial charge on any atom is 0.106 e. The molecule has 0 aliphatic carbocycles. The topological polar surface area (TPSA) is 33.1 Å². The molecule has 0 amide bonds. The van der Waals surface area contributed by atoms with Gasteiger partial charge in [0, 0.05) is 28.4 Å². The van der Waals surface area contributed by atoms with Crippen LogP contribution in [0.3, 0.4) is 0 Å². The van der Waals surface area contributed by atoms with Gasteiger partial charge < -0.3 is 5.11 Å². The zero-order chi connectivity index (χ0) is 14.1. The molecular formula is C17H14ClNO. The molecule has 0 aliphatic heterocycles. The number of hydrogen-bond acceptors (Lipinski definition) is 2. The van der Waals surface area contributed by atoms with Crippen LogP contribution >= 0.6 is 11.6 Å². The molecule has 0 saturated heterocycles. The van der Waals surface area contributed by atoms with Gasteiger partial charge in [0.05, 0.1) is 0 Å². The van der Waals surface area contributed by atoms with Crippen molar-refractivity contribution in [2.24, 2.45) is 0 Å². The predicted molar refractivity (Wildman–Crippen MR) is 82.0 cm³/mol. The summed E-state index contributed by atoms with van der Waals surface area (Å²) >= 11 is 5.97. The minimum absolute atomic E-state index is 0.675. The Kier molecular flexibility index (Phi) is 3.43. The summed E-state index contributed by atoms with van der Waals surface area (Å²) in [5, 5.41) is 13.4. The lowest BCUT2D eigenvalue weighted by Gasteiger charge is -2.16. The summed E-state index contributed by atoms with van der Waals surface area (Å²) in [5.41, 5.74) is 2.64. The van der Waals surface area contributed by atoms with Crippen molar-refractivity contribution in [3.63, 3.8) is 0 Å². The first kappa shape index (κ1) is 13.1. The van der Waals surface area contributed by atoms with Crippen LogP contribution in [-0.4, -0.2) is 10.1 Å². The summed E-state index contributed by atoms with van der Waals surface area (Å²) in [7, 11) is 0. The van der Waals surface area contributed by atoms with Crippen LogP contribution in [-0.2, 0) is 0 Å². The molecule has 100 valence electrons. The van der Waals surface area contributed by atoms with Crippen LogP contribution in [0.2, 0.25) is 5.02 Å². The fourth-order valence-corrected chi connectivity index (χ4v) is 2.70. The van der Waals surface area contributed by atoms with E-state index in [9.17, 15) is 5.11 Å². The lowest BCUT2D eigenvalue weighted by molar-refractivity contribution is 0.220. The second-order valence-electron chi connectivity index (χ2n) is 4.85. The van der Waals surface area contributed by atoms with Gasteiger partial charge in [0.25, 0.3) is 0 Å². The molecule has 1 N–H and O–H groups in total. The molecule has 2 nitrogen and oxygen atoms in total. The summed E-state index contributed by atoms with van der Waals surface area (Å²) in [6.07, 6.45) is 2.83. The van der Waals surface area contributed by atoms with Gasteiger partial charge in [0.15, 0.2) is 0 Å². The van der Waals surface area contributed by atoms with E-state index in [1.54, 1.807) is 18.5 Å². The van der Waals surface area contributed by atoms with Gasteiger partial charge in [-0.25, -0.2) is 0 Å². The number of aliphatic hydroxyl groups is 1. The highest BCUT2D eigenvalue weighted by Gasteiger charge is 2.16. The Bertz CT molecular complexity index is 765. The van der Waals surface area contributed by atoms with Crippen LogP contribution in [0.4, 0.5) is 0 Å². The van der Waals surface area contributed by atoms with Crippen molar-refractivity contribution < 1.29 is 5.11 Å². The van der Waals surface area contributed by atoms with Gasteiger partial charge in [-0.3, -0.25) is 4.98 Å².